The van der Waals surface area contributed by atoms with Gasteiger partial charge in [0.15, 0.2) is 0 Å². The minimum atomic E-state index is -0.580. The fourth-order valence-electron chi connectivity index (χ4n) is 1.38. The van der Waals surface area contributed by atoms with Crippen molar-refractivity contribution in [2.45, 2.75) is 6.42 Å². The van der Waals surface area contributed by atoms with E-state index in [0.29, 0.717) is 6.54 Å². The van der Waals surface area contributed by atoms with Gasteiger partial charge in [-0.05, 0) is 26.1 Å². The maximum absolute atomic E-state index is 11.7. The third-order valence-corrected chi connectivity index (χ3v) is 2.46. The Morgan fingerprint density at radius 1 is 1.39 bits per heavy atom. The molecule has 0 aromatic heterocycles. The van der Waals surface area contributed by atoms with Gasteiger partial charge < -0.3 is 10.6 Å². The quantitative estimate of drug-likeness (QED) is 0.467. The molecule has 0 heterocycles. The van der Waals surface area contributed by atoms with Crippen molar-refractivity contribution >= 4 is 23.2 Å². The molecule has 0 aliphatic rings. The Balaban J connectivity index is 2.70. The van der Waals surface area contributed by atoms with Crippen LogP contribution in [0.4, 0.5) is 5.69 Å². The lowest BCUT2D eigenvalue weighted by atomic mass is 10.2. The van der Waals surface area contributed by atoms with Crippen molar-refractivity contribution < 1.29 is 9.72 Å². The summed E-state index contributed by atoms with van der Waals surface area (Å²) in [6.45, 7) is 1.29. The molecule has 0 radical (unpaired) electrons. The van der Waals surface area contributed by atoms with Crippen molar-refractivity contribution in [3.63, 3.8) is 0 Å². The van der Waals surface area contributed by atoms with Crippen molar-refractivity contribution in [1.29, 1.82) is 0 Å². The van der Waals surface area contributed by atoms with E-state index in [4.69, 9.17) is 11.6 Å². The van der Waals surface area contributed by atoms with Crippen molar-refractivity contribution in [1.82, 2.24) is 10.6 Å². The second kappa shape index (κ2) is 6.93. The summed E-state index contributed by atoms with van der Waals surface area (Å²) in [4.78, 5) is 21.8. The fraction of sp³-hybridized carbons (Fsp3) is 0.364. The first-order valence-electron chi connectivity index (χ1n) is 5.42. The van der Waals surface area contributed by atoms with Crippen molar-refractivity contribution in [3.05, 3.63) is 38.9 Å². The van der Waals surface area contributed by atoms with Crippen molar-refractivity contribution in [3.8, 4) is 0 Å². The molecule has 0 spiro atoms. The van der Waals surface area contributed by atoms with Crippen molar-refractivity contribution in [2.24, 2.45) is 0 Å². The van der Waals surface area contributed by atoms with Crippen LogP contribution < -0.4 is 10.6 Å². The van der Waals surface area contributed by atoms with E-state index in [-0.39, 0.29) is 22.2 Å². The molecule has 0 unspecified atom stereocenters. The minimum absolute atomic E-state index is 0.171. The lowest BCUT2D eigenvalue weighted by molar-refractivity contribution is -0.384. The molecule has 0 bridgehead atoms. The molecule has 0 fully saturated rings. The maximum Gasteiger partial charge on any atom is 0.271 e. The number of nitrogens with one attached hydrogen (secondary N) is 2. The molecule has 1 amide bonds. The second-order valence-electron chi connectivity index (χ2n) is 3.67. The van der Waals surface area contributed by atoms with Crippen LogP contribution >= 0.6 is 11.6 Å². The predicted molar refractivity (Wildman–Crippen MR) is 69.0 cm³/mol. The number of carbonyl (C=O) groups excluding carboxylic acids is 1. The van der Waals surface area contributed by atoms with Gasteiger partial charge in [-0.15, -0.1) is 0 Å². The van der Waals surface area contributed by atoms with E-state index in [1.165, 1.54) is 18.2 Å². The van der Waals surface area contributed by atoms with Gasteiger partial charge in [-0.25, -0.2) is 0 Å². The lowest BCUT2D eigenvalue weighted by Crippen LogP contribution is -2.26. The predicted octanol–water partition coefficient (Wildman–Crippen LogP) is 1.59. The number of benzene rings is 1. The van der Waals surface area contributed by atoms with Crippen LogP contribution in [-0.2, 0) is 0 Å². The highest BCUT2D eigenvalue weighted by molar-refractivity contribution is 6.31. The summed E-state index contributed by atoms with van der Waals surface area (Å²) in [6.07, 6.45) is 0.783. The molecule has 1 rings (SSSR count). The Morgan fingerprint density at radius 3 is 2.72 bits per heavy atom. The van der Waals surface area contributed by atoms with E-state index in [1.807, 2.05) is 7.05 Å². The molecular formula is C11H14ClN3O3. The summed E-state index contributed by atoms with van der Waals surface area (Å²) in [6, 6.07) is 3.82. The second-order valence-corrected chi connectivity index (χ2v) is 4.10. The van der Waals surface area contributed by atoms with Gasteiger partial charge in [-0.1, -0.05) is 11.6 Å². The van der Waals surface area contributed by atoms with Crippen LogP contribution in [0.25, 0.3) is 0 Å². The van der Waals surface area contributed by atoms with Crippen LogP contribution in [-0.4, -0.2) is 31.0 Å². The zero-order valence-electron chi connectivity index (χ0n) is 9.90. The van der Waals surface area contributed by atoms with Crippen LogP contribution in [0.3, 0.4) is 0 Å². The standard InChI is InChI=1S/C11H14ClN3O3/c1-13-3-2-4-14-11(16)8-5-9(12)7-10(6-8)15(17)18/h5-7,13H,2-4H2,1H3,(H,14,16). The molecule has 7 heteroatoms. The smallest absolute Gasteiger partial charge is 0.271 e. The Morgan fingerprint density at radius 2 is 2.11 bits per heavy atom. The minimum Gasteiger partial charge on any atom is -0.352 e. The van der Waals surface area contributed by atoms with Crippen LogP contribution in [0.5, 0.6) is 0 Å². The van der Waals surface area contributed by atoms with Crippen LogP contribution in [0.1, 0.15) is 16.8 Å². The van der Waals surface area contributed by atoms with Gasteiger partial charge in [0.25, 0.3) is 11.6 Å². The van der Waals surface area contributed by atoms with Gasteiger partial charge in [0.1, 0.15) is 0 Å². The molecule has 1 aromatic carbocycles. The highest BCUT2D eigenvalue weighted by Crippen LogP contribution is 2.20. The van der Waals surface area contributed by atoms with Gasteiger partial charge in [-0.3, -0.25) is 14.9 Å². The zero-order chi connectivity index (χ0) is 13.5. The number of nitro groups is 1. The van der Waals surface area contributed by atoms with Gasteiger partial charge in [0.2, 0.25) is 0 Å². The summed E-state index contributed by atoms with van der Waals surface area (Å²) in [5.74, 6) is -0.364. The van der Waals surface area contributed by atoms with E-state index in [0.717, 1.165) is 13.0 Å². The van der Waals surface area contributed by atoms with E-state index in [1.54, 1.807) is 0 Å². The molecule has 0 atom stereocenters. The molecular weight excluding hydrogens is 258 g/mol. The highest BCUT2D eigenvalue weighted by atomic mass is 35.5. The third kappa shape index (κ3) is 4.31. The maximum atomic E-state index is 11.7. The number of non-ortho nitro benzene ring substituents is 1. The van der Waals surface area contributed by atoms with Crippen LogP contribution in [0.2, 0.25) is 5.02 Å². The topological polar surface area (TPSA) is 84.3 Å². The SMILES string of the molecule is CNCCCNC(=O)c1cc(Cl)cc([N+](=O)[O-])c1. The molecule has 0 saturated heterocycles. The van der Waals surface area contributed by atoms with Gasteiger partial charge >= 0.3 is 0 Å². The first kappa shape index (κ1) is 14.4. The van der Waals surface area contributed by atoms with Gasteiger partial charge in [-0.2, -0.15) is 0 Å². The van der Waals surface area contributed by atoms with E-state index in [2.05, 4.69) is 10.6 Å². The Bertz CT molecular complexity index is 451. The summed E-state index contributed by atoms with van der Waals surface area (Å²) in [5.41, 5.74) is 0.00142. The molecule has 6 nitrogen and oxygen atoms in total. The molecule has 98 valence electrons. The molecule has 0 saturated carbocycles. The van der Waals surface area contributed by atoms with E-state index in [9.17, 15) is 14.9 Å². The number of rotatable bonds is 6. The largest absolute Gasteiger partial charge is 0.352 e. The number of hydrogen-bond acceptors (Lipinski definition) is 4. The number of nitro benzene ring substituents is 1. The molecule has 0 aliphatic carbocycles. The number of hydrogen-bond donors (Lipinski definition) is 2. The average molecular weight is 272 g/mol. The number of carbonyl (C=O) groups is 1. The van der Waals surface area contributed by atoms with E-state index >= 15 is 0 Å². The molecule has 1 aromatic rings. The lowest BCUT2D eigenvalue weighted by Gasteiger charge is -2.05. The summed E-state index contributed by atoms with van der Waals surface area (Å²) in [5, 5.41) is 16.4. The summed E-state index contributed by atoms with van der Waals surface area (Å²) >= 11 is 5.73. The molecule has 0 aliphatic heterocycles. The van der Waals surface area contributed by atoms with Crippen LogP contribution in [0, 0.1) is 10.1 Å². The van der Waals surface area contributed by atoms with Gasteiger partial charge in [0.05, 0.1) is 4.92 Å². The Hall–Kier alpha value is -1.66. The average Bonchev–Trinajstić information content (AvgIpc) is 2.33. The fourth-order valence-corrected chi connectivity index (χ4v) is 1.61. The normalized spacial score (nSPS) is 10.1. The van der Waals surface area contributed by atoms with Crippen LogP contribution in [0.15, 0.2) is 18.2 Å². The number of nitrogens with zero attached hydrogens (tertiary/aromatic N) is 1. The number of halogens is 1. The zero-order valence-corrected chi connectivity index (χ0v) is 10.7. The Kier molecular flexibility index (Phi) is 5.54. The molecule has 18 heavy (non-hydrogen) atoms. The summed E-state index contributed by atoms with van der Waals surface area (Å²) < 4.78 is 0. The monoisotopic (exact) mass is 271 g/mol. The first-order valence-corrected chi connectivity index (χ1v) is 5.80. The number of amides is 1. The third-order valence-electron chi connectivity index (χ3n) is 2.24. The van der Waals surface area contributed by atoms with Gasteiger partial charge in [0, 0.05) is 29.3 Å². The summed E-state index contributed by atoms with van der Waals surface area (Å²) in [7, 11) is 1.82. The highest BCUT2D eigenvalue weighted by Gasteiger charge is 2.13. The first-order chi connectivity index (χ1) is 8.54. The Labute approximate surface area is 109 Å². The molecule has 2 N–H and O–H groups in total. The van der Waals surface area contributed by atoms with E-state index < -0.39 is 4.92 Å². The van der Waals surface area contributed by atoms with Crippen molar-refractivity contribution in [2.75, 3.05) is 20.1 Å².